The van der Waals surface area contributed by atoms with Crippen molar-refractivity contribution in [2.45, 2.75) is 4.90 Å². The fraction of sp³-hybridized carbons (Fsp3) is 0. The number of amides is 1. The molecule has 0 aliphatic carbocycles. The van der Waals surface area contributed by atoms with Crippen LogP contribution in [0.15, 0.2) is 83.8 Å². The molecule has 3 N–H and O–H groups in total. The van der Waals surface area contributed by atoms with Gasteiger partial charge in [-0.3, -0.25) is 9.52 Å². The van der Waals surface area contributed by atoms with Gasteiger partial charge in [0.05, 0.1) is 10.5 Å². The number of hydrogen-bond donors (Lipinski definition) is 3. The SMILES string of the molecule is O=C(O)c1cccc(NS(=O)(=O)c2cccc(C(=O)Nc3ccccc3)c2)c1. The number of carbonyl (C=O) groups excluding carboxylic acids is 1. The van der Waals surface area contributed by atoms with Gasteiger partial charge in [0.25, 0.3) is 15.9 Å². The predicted molar refractivity (Wildman–Crippen MR) is 105 cm³/mol. The molecule has 3 aromatic rings. The van der Waals surface area contributed by atoms with Gasteiger partial charge in [-0.1, -0.05) is 30.3 Å². The van der Waals surface area contributed by atoms with Gasteiger partial charge in [0.2, 0.25) is 0 Å². The van der Waals surface area contributed by atoms with E-state index in [0.29, 0.717) is 5.69 Å². The molecule has 8 heteroatoms. The minimum Gasteiger partial charge on any atom is -0.478 e. The van der Waals surface area contributed by atoms with Gasteiger partial charge in [0.1, 0.15) is 0 Å². The molecule has 0 heterocycles. The van der Waals surface area contributed by atoms with Gasteiger partial charge < -0.3 is 10.4 Å². The second kappa shape index (κ2) is 7.93. The molecule has 0 unspecified atom stereocenters. The fourth-order valence-corrected chi connectivity index (χ4v) is 3.55. The highest BCUT2D eigenvalue weighted by molar-refractivity contribution is 7.92. The van der Waals surface area contributed by atoms with Gasteiger partial charge >= 0.3 is 5.97 Å². The van der Waals surface area contributed by atoms with E-state index in [1.807, 2.05) is 6.07 Å². The molecule has 0 fully saturated rings. The topological polar surface area (TPSA) is 113 Å². The number of hydrogen-bond acceptors (Lipinski definition) is 4. The molecule has 0 radical (unpaired) electrons. The quantitative estimate of drug-likeness (QED) is 0.591. The Morgan fingerprint density at radius 1 is 0.750 bits per heavy atom. The van der Waals surface area contributed by atoms with Gasteiger partial charge in [-0.15, -0.1) is 0 Å². The fourth-order valence-electron chi connectivity index (χ4n) is 2.46. The van der Waals surface area contributed by atoms with Crippen LogP contribution in [0.2, 0.25) is 0 Å². The van der Waals surface area contributed by atoms with E-state index in [1.54, 1.807) is 24.3 Å². The van der Waals surface area contributed by atoms with Gasteiger partial charge in [0, 0.05) is 16.9 Å². The molecule has 3 aromatic carbocycles. The molecule has 0 aliphatic rings. The van der Waals surface area contributed by atoms with Crippen LogP contribution in [0.4, 0.5) is 11.4 Å². The maximum absolute atomic E-state index is 12.6. The summed E-state index contributed by atoms with van der Waals surface area (Å²) in [6.07, 6.45) is 0. The Labute approximate surface area is 161 Å². The van der Waals surface area contributed by atoms with Crippen molar-refractivity contribution >= 4 is 33.3 Å². The summed E-state index contributed by atoms with van der Waals surface area (Å²) in [5, 5.41) is 11.7. The molecule has 0 atom stereocenters. The third-order valence-corrected chi connectivity index (χ3v) is 5.18. The van der Waals surface area contributed by atoms with Crippen molar-refractivity contribution in [1.82, 2.24) is 0 Å². The van der Waals surface area contributed by atoms with E-state index in [9.17, 15) is 18.0 Å². The molecule has 7 nitrogen and oxygen atoms in total. The number of para-hydroxylation sites is 1. The van der Waals surface area contributed by atoms with Crippen LogP contribution in [-0.2, 0) is 10.0 Å². The molecule has 0 bridgehead atoms. The van der Waals surface area contributed by atoms with Crippen molar-refractivity contribution < 1.29 is 23.1 Å². The van der Waals surface area contributed by atoms with Crippen LogP contribution in [-0.4, -0.2) is 25.4 Å². The van der Waals surface area contributed by atoms with Crippen molar-refractivity contribution in [3.05, 3.63) is 90.0 Å². The van der Waals surface area contributed by atoms with Crippen LogP contribution in [0.3, 0.4) is 0 Å². The normalized spacial score (nSPS) is 10.9. The first-order valence-corrected chi connectivity index (χ1v) is 9.66. The Morgan fingerprint density at radius 3 is 2.11 bits per heavy atom. The Hall–Kier alpha value is -3.65. The molecule has 0 aromatic heterocycles. The monoisotopic (exact) mass is 396 g/mol. The Balaban J connectivity index is 1.83. The van der Waals surface area contributed by atoms with E-state index in [0.717, 1.165) is 0 Å². The van der Waals surface area contributed by atoms with Crippen LogP contribution >= 0.6 is 0 Å². The molecule has 0 aliphatic heterocycles. The predicted octanol–water partition coefficient (Wildman–Crippen LogP) is 3.44. The summed E-state index contributed by atoms with van der Waals surface area (Å²) in [5.74, 6) is -1.61. The number of rotatable bonds is 6. The number of aromatic carboxylic acids is 1. The highest BCUT2D eigenvalue weighted by Crippen LogP contribution is 2.19. The standard InChI is InChI=1S/C20H16N2O5S/c23-19(21-16-8-2-1-3-9-16)14-6-5-11-18(13-14)28(26,27)22-17-10-4-7-15(12-17)20(24)25/h1-13,22H,(H,21,23)(H,24,25). The summed E-state index contributed by atoms with van der Waals surface area (Å²) < 4.78 is 27.6. The Morgan fingerprint density at radius 2 is 1.39 bits per heavy atom. The van der Waals surface area contributed by atoms with Crippen LogP contribution in [0, 0.1) is 0 Å². The number of anilines is 2. The average Bonchev–Trinajstić information content (AvgIpc) is 2.68. The van der Waals surface area contributed by atoms with Crippen LogP contribution < -0.4 is 10.0 Å². The molecule has 3 rings (SSSR count). The first-order valence-electron chi connectivity index (χ1n) is 8.18. The van der Waals surface area contributed by atoms with Crippen molar-refractivity contribution in [3.8, 4) is 0 Å². The van der Waals surface area contributed by atoms with Crippen molar-refractivity contribution in [3.63, 3.8) is 0 Å². The number of carbonyl (C=O) groups is 2. The van der Waals surface area contributed by atoms with Crippen molar-refractivity contribution in [1.29, 1.82) is 0 Å². The van der Waals surface area contributed by atoms with Gasteiger partial charge in [0.15, 0.2) is 0 Å². The van der Waals surface area contributed by atoms with Crippen LogP contribution in [0.5, 0.6) is 0 Å². The third-order valence-electron chi connectivity index (χ3n) is 3.80. The number of carboxylic acids is 1. The molecule has 1 amide bonds. The molecular formula is C20H16N2O5S. The van der Waals surface area contributed by atoms with E-state index in [-0.39, 0.29) is 21.7 Å². The van der Waals surface area contributed by atoms with Gasteiger partial charge in [-0.2, -0.15) is 0 Å². The molecule has 0 saturated carbocycles. The first-order chi connectivity index (χ1) is 13.3. The maximum atomic E-state index is 12.6. The largest absolute Gasteiger partial charge is 0.478 e. The minimum atomic E-state index is -4.01. The van der Waals surface area contributed by atoms with Crippen molar-refractivity contribution in [2.24, 2.45) is 0 Å². The maximum Gasteiger partial charge on any atom is 0.335 e. The zero-order chi connectivity index (χ0) is 20.1. The first kappa shape index (κ1) is 19.1. The Bertz CT molecular complexity index is 1130. The summed E-state index contributed by atoms with van der Waals surface area (Å²) >= 11 is 0. The smallest absolute Gasteiger partial charge is 0.335 e. The highest BCUT2D eigenvalue weighted by atomic mass is 32.2. The summed E-state index contributed by atoms with van der Waals surface area (Å²) in [4.78, 5) is 23.3. The number of carboxylic acid groups (broad SMARTS) is 1. The van der Waals surface area contributed by atoms with E-state index in [4.69, 9.17) is 5.11 Å². The highest BCUT2D eigenvalue weighted by Gasteiger charge is 2.17. The summed E-state index contributed by atoms with van der Waals surface area (Å²) in [5.41, 5.74) is 0.825. The number of nitrogens with one attached hydrogen (secondary N) is 2. The van der Waals surface area contributed by atoms with Crippen LogP contribution in [0.25, 0.3) is 0 Å². The average molecular weight is 396 g/mol. The molecule has 0 spiro atoms. The second-order valence-corrected chi connectivity index (χ2v) is 7.52. The minimum absolute atomic E-state index is 0.0452. The van der Waals surface area contributed by atoms with E-state index < -0.39 is 21.9 Å². The number of sulfonamides is 1. The zero-order valence-electron chi connectivity index (χ0n) is 14.5. The van der Waals surface area contributed by atoms with E-state index in [2.05, 4.69) is 10.0 Å². The van der Waals surface area contributed by atoms with Gasteiger partial charge in [-0.25, -0.2) is 13.2 Å². The lowest BCUT2D eigenvalue weighted by Gasteiger charge is -2.10. The van der Waals surface area contributed by atoms with Crippen LogP contribution in [0.1, 0.15) is 20.7 Å². The zero-order valence-corrected chi connectivity index (χ0v) is 15.3. The number of benzene rings is 3. The molecule has 142 valence electrons. The molecule has 28 heavy (non-hydrogen) atoms. The molecule has 0 saturated heterocycles. The lowest BCUT2D eigenvalue weighted by Crippen LogP contribution is -2.16. The Kier molecular flexibility index (Phi) is 5.42. The third kappa shape index (κ3) is 4.54. The van der Waals surface area contributed by atoms with Gasteiger partial charge in [-0.05, 0) is 48.5 Å². The summed E-state index contributed by atoms with van der Waals surface area (Å²) in [6.45, 7) is 0. The van der Waals surface area contributed by atoms with Crippen molar-refractivity contribution in [2.75, 3.05) is 10.0 Å². The lowest BCUT2D eigenvalue weighted by atomic mass is 10.2. The lowest BCUT2D eigenvalue weighted by molar-refractivity contribution is 0.0696. The summed E-state index contributed by atoms with van der Waals surface area (Å²) in [6, 6.07) is 19.8. The van der Waals surface area contributed by atoms with E-state index in [1.165, 1.54) is 48.5 Å². The second-order valence-electron chi connectivity index (χ2n) is 5.84. The van der Waals surface area contributed by atoms with E-state index >= 15 is 0 Å². The summed E-state index contributed by atoms with van der Waals surface area (Å²) in [7, 11) is -4.01. The molecular weight excluding hydrogens is 380 g/mol.